The van der Waals surface area contributed by atoms with Crippen LogP contribution in [0, 0.1) is 0 Å². The number of hydrogen-bond donors (Lipinski definition) is 1. The molecule has 20 heavy (non-hydrogen) atoms. The lowest BCUT2D eigenvalue weighted by atomic mass is 10.1. The Morgan fingerprint density at radius 1 is 1.05 bits per heavy atom. The van der Waals surface area contributed by atoms with Gasteiger partial charge in [0.25, 0.3) is 0 Å². The van der Waals surface area contributed by atoms with E-state index in [4.69, 9.17) is 4.74 Å². The lowest BCUT2D eigenvalue weighted by Gasteiger charge is -2.22. The van der Waals surface area contributed by atoms with Crippen molar-refractivity contribution in [3.63, 3.8) is 0 Å². The highest BCUT2D eigenvalue weighted by Gasteiger charge is 2.08. The van der Waals surface area contributed by atoms with Crippen LogP contribution < -0.4 is 4.74 Å². The summed E-state index contributed by atoms with van der Waals surface area (Å²) in [5, 5.41) is 9.74. The maximum absolute atomic E-state index is 9.74. The van der Waals surface area contributed by atoms with Gasteiger partial charge in [0.2, 0.25) is 0 Å². The molecule has 1 rings (SSSR count). The smallest absolute Gasteiger partial charge is 0.161 e. The van der Waals surface area contributed by atoms with Crippen LogP contribution in [0.2, 0.25) is 0 Å². The minimum atomic E-state index is 0.226. The quantitative estimate of drug-likeness (QED) is 0.697. The summed E-state index contributed by atoms with van der Waals surface area (Å²) in [6.07, 6.45) is 4.92. The number of aromatic hydroxyl groups is 1. The first-order valence-electron chi connectivity index (χ1n) is 7.88. The van der Waals surface area contributed by atoms with Crippen LogP contribution in [0.4, 0.5) is 0 Å². The molecule has 1 aromatic carbocycles. The fourth-order valence-electron chi connectivity index (χ4n) is 2.22. The molecule has 114 valence electrons. The predicted octanol–water partition coefficient (Wildman–Crippen LogP) is 4.19. The molecule has 0 aliphatic heterocycles. The summed E-state index contributed by atoms with van der Waals surface area (Å²) in [7, 11) is 0. The second-order valence-corrected chi connectivity index (χ2v) is 5.22. The van der Waals surface area contributed by atoms with Crippen LogP contribution in [-0.4, -0.2) is 29.7 Å². The van der Waals surface area contributed by atoms with Crippen molar-refractivity contribution in [3.8, 4) is 11.5 Å². The van der Waals surface area contributed by atoms with E-state index in [1.165, 1.54) is 31.2 Å². The van der Waals surface area contributed by atoms with Gasteiger partial charge in [-0.05, 0) is 50.6 Å². The Bertz CT molecular complexity index is 371. The van der Waals surface area contributed by atoms with Gasteiger partial charge in [-0.1, -0.05) is 32.8 Å². The molecule has 1 N–H and O–H groups in total. The maximum Gasteiger partial charge on any atom is 0.161 e. The third kappa shape index (κ3) is 5.83. The molecule has 0 bridgehead atoms. The van der Waals surface area contributed by atoms with Crippen LogP contribution in [-0.2, 0) is 6.54 Å². The molecule has 0 atom stereocenters. The van der Waals surface area contributed by atoms with E-state index in [2.05, 4.69) is 18.7 Å². The van der Waals surface area contributed by atoms with Crippen LogP contribution in [0.3, 0.4) is 0 Å². The van der Waals surface area contributed by atoms with Crippen LogP contribution >= 0.6 is 0 Å². The second-order valence-electron chi connectivity index (χ2n) is 5.22. The molecule has 0 unspecified atom stereocenters. The van der Waals surface area contributed by atoms with E-state index in [1.54, 1.807) is 6.07 Å². The molecule has 0 spiro atoms. The van der Waals surface area contributed by atoms with E-state index in [0.717, 1.165) is 19.6 Å². The Balaban J connectivity index is 2.68. The van der Waals surface area contributed by atoms with Crippen molar-refractivity contribution in [2.45, 2.75) is 53.0 Å². The standard InChI is InChI=1S/C17H29NO2/c1-4-7-11-18(12-8-5-2)14-15-9-10-16(19)17(13-15)20-6-3/h9-10,13,19H,4-8,11-12,14H2,1-3H3. The largest absolute Gasteiger partial charge is 0.504 e. The van der Waals surface area contributed by atoms with Crippen LogP contribution in [0.25, 0.3) is 0 Å². The highest BCUT2D eigenvalue weighted by molar-refractivity contribution is 5.41. The number of nitrogens with zero attached hydrogens (tertiary/aromatic N) is 1. The molecular formula is C17H29NO2. The van der Waals surface area contributed by atoms with Gasteiger partial charge < -0.3 is 9.84 Å². The summed E-state index contributed by atoms with van der Waals surface area (Å²) in [6, 6.07) is 5.69. The molecule has 0 heterocycles. The Labute approximate surface area is 123 Å². The summed E-state index contributed by atoms with van der Waals surface area (Å²) in [5.74, 6) is 0.820. The zero-order valence-electron chi connectivity index (χ0n) is 13.2. The van der Waals surface area contributed by atoms with Gasteiger partial charge in [-0.25, -0.2) is 0 Å². The van der Waals surface area contributed by atoms with Crippen LogP contribution in [0.1, 0.15) is 52.0 Å². The van der Waals surface area contributed by atoms with Gasteiger partial charge in [-0.15, -0.1) is 0 Å². The summed E-state index contributed by atoms with van der Waals surface area (Å²) >= 11 is 0. The monoisotopic (exact) mass is 279 g/mol. The number of phenolic OH excluding ortho intramolecular Hbond substituents is 1. The highest BCUT2D eigenvalue weighted by atomic mass is 16.5. The first kappa shape index (κ1) is 16.8. The maximum atomic E-state index is 9.74. The van der Waals surface area contributed by atoms with Gasteiger partial charge >= 0.3 is 0 Å². The van der Waals surface area contributed by atoms with Crippen molar-refractivity contribution in [2.24, 2.45) is 0 Å². The SMILES string of the molecule is CCCCN(CCCC)Cc1ccc(O)c(OCC)c1. The fourth-order valence-corrected chi connectivity index (χ4v) is 2.22. The Morgan fingerprint density at radius 2 is 1.70 bits per heavy atom. The van der Waals surface area contributed by atoms with Crippen LogP contribution in [0.5, 0.6) is 11.5 Å². The summed E-state index contributed by atoms with van der Waals surface area (Å²) in [4.78, 5) is 2.50. The minimum Gasteiger partial charge on any atom is -0.504 e. The normalized spacial score (nSPS) is 11.0. The Hall–Kier alpha value is -1.22. The van der Waals surface area contributed by atoms with Gasteiger partial charge in [-0.3, -0.25) is 4.90 Å². The number of unbranched alkanes of at least 4 members (excludes halogenated alkanes) is 2. The molecular weight excluding hydrogens is 250 g/mol. The molecule has 0 saturated carbocycles. The lowest BCUT2D eigenvalue weighted by molar-refractivity contribution is 0.256. The van der Waals surface area contributed by atoms with E-state index in [0.29, 0.717) is 12.4 Å². The zero-order chi connectivity index (χ0) is 14.8. The molecule has 0 fully saturated rings. The van der Waals surface area contributed by atoms with Crippen molar-refractivity contribution in [2.75, 3.05) is 19.7 Å². The summed E-state index contributed by atoms with van der Waals surface area (Å²) in [6.45, 7) is 10.2. The topological polar surface area (TPSA) is 32.7 Å². The van der Waals surface area contributed by atoms with Crippen molar-refractivity contribution in [1.29, 1.82) is 0 Å². The van der Waals surface area contributed by atoms with E-state index in [9.17, 15) is 5.11 Å². The molecule has 3 nitrogen and oxygen atoms in total. The number of rotatable bonds is 10. The van der Waals surface area contributed by atoms with E-state index >= 15 is 0 Å². The molecule has 0 aromatic heterocycles. The molecule has 0 amide bonds. The van der Waals surface area contributed by atoms with E-state index < -0.39 is 0 Å². The molecule has 0 aliphatic rings. The Kier molecular flexibility index (Phi) is 8.12. The zero-order valence-corrected chi connectivity index (χ0v) is 13.2. The summed E-state index contributed by atoms with van der Waals surface area (Å²) < 4.78 is 5.45. The van der Waals surface area contributed by atoms with Gasteiger partial charge in [0.15, 0.2) is 11.5 Å². The lowest BCUT2D eigenvalue weighted by Crippen LogP contribution is -2.25. The number of benzene rings is 1. The predicted molar refractivity (Wildman–Crippen MR) is 84.4 cm³/mol. The number of phenols is 1. The molecule has 0 radical (unpaired) electrons. The van der Waals surface area contributed by atoms with Gasteiger partial charge in [-0.2, -0.15) is 0 Å². The van der Waals surface area contributed by atoms with Crippen molar-refractivity contribution < 1.29 is 9.84 Å². The van der Waals surface area contributed by atoms with Gasteiger partial charge in [0.05, 0.1) is 6.61 Å². The fraction of sp³-hybridized carbons (Fsp3) is 0.647. The van der Waals surface area contributed by atoms with Crippen molar-refractivity contribution in [3.05, 3.63) is 23.8 Å². The third-order valence-corrected chi connectivity index (χ3v) is 3.39. The number of hydrogen-bond acceptors (Lipinski definition) is 3. The Morgan fingerprint density at radius 3 is 2.25 bits per heavy atom. The molecule has 3 heteroatoms. The van der Waals surface area contributed by atoms with Crippen molar-refractivity contribution >= 4 is 0 Å². The number of ether oxygens (including phenoxy) is 1. The van der Waals surface area contributed by atoms with E-state index in [-0.39, 0.29) is 5.75 Å². The second kappa shape index (κ2) is 9.65. The van der Waals surface area contributed by atoms with Gasteiger partial charge in [0, 0.05) is 6.54 Å². The summed E-state index contributed by atoms with van der Waals surface area (Å²) in [5.41, 5.74) is 1.21. The van der Waals surface area contributed by atoms with Crippen molar-refractivity contribution in [1.82, 2.24) is 4.90 Å². The average Bonchev–Trinajstić information content (AvgIpc) is 2.45. The molecule has 0 saturated heterocycles. The average molecular weight is 279 g/mol. The molecule has 1 aromatic rings. The molecule has 0 aliphatic carbocycles. The third-order valence-electron chi connectivity index (χ3n) is 3.39. The van der Waals surface area contributed by atoms with Crippen LogP contribution in [0.15, 0.2) is 18.2 Å². The van der Waals surface area contributed by atoms with E-state index in [1.807, 2.05) is 19.1 Å². The first-order chi connectivity index (χ1) is 9.71. The van der Waals surface area contributed by atoms with Gasteiger partial charge in [0.1, 0.15) is 0 Å². The highest BCUT2D eigenvalue weighted by Crippen LogP contribution is 2.27. The first-order valence-corrected chi connectivity index (χ1v) is 7.88. The minimum absolute atomic E-state index is 0.226.